The lowest BCUT2D eigenvalue weighted by atomic mass is 9.65. The summed E-state index contributed by atoms with van der Waals surface area (Å²) >= 11 is 0. The largest absolute Gasteiger partial charge is 0.103 e. The lowest BCUT2D eigenvalue weighted by molar-refractivity contribution is 0.0862. The van der Waals surface area contributed by atoms with Crippen molar-refractivity contribution in [3.63, 3.8) is 0 Å². The molecule has 0 bridgehead atoms. The molecule has 0 N–H and O–H groups in total. The van der Waals surface area contributed by atoms with Crippen molar-refractivity contribution in [2.45, 2.75) is 6.42 Å². The zero-order valence-corrected chi connectivity index (χ0v) is 13.5. The third kappa shape index (κ3) is 0.503. The van der Waals surface area contributed by atoms with Crippen molar-refractivity contribution < 1.29 is 0 Å². The van der Waals surface area contributed by atoms with Crippen LogP contribution in [-0.2, 0) is 0 Å². The summed E-state index contributed by atoms with van der Waals surface area (Å²) in [5.41, 5.74) is 0.833. The summed E-state index contributed by atoms with van der Waals surface area (Å²) in [4.78, 5) is 0. The van der Waals surface area contributed by atoms with Crippen molar-refractivity contribution in [2.24, 2.45) is 118 Å². The third-order valence-corrected chi connectivity index (χ3v) is 14.2. The molecule has 8 unspecified atom stereocenters. The number of rotatable bonds is 2. The van der Waals surface area contributed by atoms with Gasteiger partial charge in [0.05, 0.1) is 0 Å². The van der Waals surface area contributed by atoms with Crippen molar-refractivity contribution in [1.29, 1.82) is 0 Å². The predicted molar refractivity (Wildman–Crippen MR) is 83.6 cm³/mol. The van der Waals surface area contributed by atoms with Gasteiger partial charge < -0.3 is 0 Å². The molecule has 0 saturated heterocycles. The lowest BCUT2D eigenvalue weighted by Crippen LogP contribution is -2.35. The molecule has 0 radical (unpaired) electrons. The first kappa shape index (κ1) is 10.0. The van der Waals surface area contributed by atoms with E-state index in [1.54, 1.807) is 0 Å². The van der Waals surface area contributed by atoms with Crippen LogP contribution in [0.1, 0.15) is 6.42 Å². The van der Waals surface area contributed by atoms with Crippen LogP contribution in [0.25, 0.3) is 0 Å². The maximum absolute atomic E-state index is 4.31. The van der Waals surface area contributed by atoms with Gasteiger partial charge in [-0.3, -0.25) is 0 Å². The van der Waals surface area contributed by atoms with Gasteiger partial charge in [-0.2, -0.15) is 0 Å². The Balaban J connectivity index is 1.42. The lowest BCUT2D eigenvalue weighted by Gasteiger charge is -2.39. The predicted octanol–water partition coefficient (Wildman–Crippen LogP) is 3.41. The van der Waals surface area contributed by atoms with Crippen LogP contribution in [-0.4, -0.2) is 0 Å². The van der Waals surface area contributed by atoms with E-state index in [9.17, 15) is 0 Å². The van der Waals surface area contributed by atoms with Crippen LogP contribution in [0.4, 0.5) is 0 Å². The second-order valence-electron chi connectivity index (χ2n) is 12.4. The molecule has 0 heterocycles. The van der Waals surface area contributed by atoms with E-state index in [2.05, 4.69) is 12.7 Å². The smallest absolute Gasteiger partial charge is 0.0161 e. The molecule has 0 aromatic heterocycles. The Morgan fingerprint density at radius 1 is 0.478 bits per heavy atom. The van der Waals surface area contributed by atoms with Gasteiger partial charge >= 0.3 is 0 Å². The van der Waals surface area contributed by atoms with Gasteiger partial charge in [-0.15, -0.1) is 6.58 Å². The molecule has 12 aliphatic carbocycles. The van der Waals surface area contributed by atoms with Crippen molar-refractivity contribution in [1.82, 2.24) is 0 Å². The summed E-state index contributed by atoms with van der Waals surface area (Å²) < 4.78 is 0. The van der Waals surface area contributed by atoms with Gasteiger partial charge in [0.25, 0.3) is 0 Å². The molecule has 12 saturated carbocycles. The molecule has 0 nitrogen and oxygen atoms in total. The van der Waals surface area contributed by atoms with Gasteiger partial charge in [-0.05, 0) is 124 Å². The Labute approximate surface area is 137 Å². The summed E-state index contributed by atoms with van der Waals surface area (Å²) in [6, 6.07) is 0. The van der Waals surface area contributed by atoms with Gasteiger partial charge in [0, 0.05) is 0 Å². The molecule has 23 heavy (non-hydrogen) atoms. The minimum Gasteiger partial charge on any atom is -0.103 e. The third-order valence-electron chi connectivity index (χ3n) is 14.2. The van der Waals surface area contributed by atoms with E-state index in [0.717, 1.165) is 5.41 Å². The standard InChI is InChI=1S/C23H24/c1-2-3-23-20-14-8-5-4-6-10(8)16(20)18-12(6)13-7(4)11-9(5)15(14)21(23)17(11)19(13)22(18)23/h2,4-22H,1,3H2/t4?,5?,6?,7?,8-,9-,10-,11+,12+,13+,14-,15+,16-,17+,18-,19-,20?,21?,22?,23?/m0/s1. The monoisotopic (exact) mass is 300 g/mol. The first-order valence-corrected chi connectivity index (χ1v) is 11.0. The molecule has 0 aromatic rings. The second kappa shape index (κ2) is 2.23. The normalized spacial score (nSPS) is 98.5. The zero-order valence-electron chi connectivity index (χ0n) is 13.5. The van der Waals surface area contributed by atoms with E-state index in [-0.39, 0.29) is 0 Å². The molecule has 0 amide bonds. The topological polar surface area (TPSA) is 0 Å². The average molecular weight is 300 g/mol. The Morgan fingerprint density at radius 3 is 1.00 bits per heavy atom. The highest BCUT2D eigenvalue weighted by molar-refractivity contribution is 5.48. The van der Waals surface area contributed by atoms with E-state index in [1.807, 2.05) is 0 Å². The Morgan fingerprint density at radius 2 is 0.739 bits per heavy atom. The molecule has 20 atom stereocenters. The van der Waals surface area contributed by atoms with Crippen molar-refractivity contribution in [3.05, 3.63) is 12.7 Å². The molecule has 0 heteroatoms. The van der Waals surface area contributed by atoms with E-state index in [1.165, 1.54) is 119 Å². The van der Waals surface area contributed by atoms with Crippen LogP contribution in [0.15, 0.2) is 12.7 Å². The molecule has 116 valence electrons. The summed E-state index contributed by atoms with van der Waals surface area (Å²) in [6.07, 6.45) is 3.85. The fourth-order valence-electron chi connectivity index (χ4n) is 16.4. The van der Waals surface area contributed by atoms with Crippen molar-refractivity contribution in [3.8, 4) is 0 Å². The summed E-state index contributed by atoms with van der Waals surface area (Å²) in [5, 5.41) is 0. The molecule has 12 rings (SSSR count). The molecule has 12 aliphatic rings. The molecular weight excluding hydrogens is 276 g/mol. The molecule has 0 aliphatic heterocycles. The van der Waals surface area contributed by atoms with E-state index < -0.39 is 0 Å². The Hall–Kier alpha value is -0.260. The van der Waals surface area contributed by atoms with Crippen LogP contribution in [0, 0.1) is 118 Å². The van der Waals surface area contributed by atoms with E-state index in [0.29, 0.717) is 0 Å². The van der Waals surface area contributed by atoms with Crippen LogP contribution in [0.5, 0.6) is 0 Å². The highest BCUT2D eigenvalue weighted by atomic mass is 15.1. The van der Waals surface area contributed by atoms with Crippen LogP contribution in [0.2, 0.25) is 0 Å². The van der Waals surface area contributed by atoms with E-state index >= 15 is 0 Å². The van der Waals surface area contributed by atoms with Gasteiger partial charge in [0.1, 0.15) is 0 Å². The van der Waals surface area contributed by atoms with Crippen molar-refractivity contribution >= 4 is 0 Å². The van der Waals surface area contributed by atoms with Gasteiger partial charge in [-0.1, -0.05) is 6.08 Å². The highest BCUT2D eigenvalue weighted by Crippen LogP contribution is 3.04. The minimum atomic E-state index is 0.833. The summed E-state index contributed by atoms with van der Waals surface area (Å²) in [6.45, 7) is 4.31. The average Bonchev–Trinajstić information content (AvgIpc) is 3.23. The number of allylic oxidation sites excluding steroid dienone is 1. The zero-order chi connectivity index (χ0) is 13.9. The molecule has 0 aromatic carbocycles. The maximum Gasteiger partial charge on any atom is -0.0161 e. The highest BCUT2D eigenvalue weighted by Gasteiger charge is 3.01. The fraction of sp³-hybridized carbons (Fsp3) is 0.913. The van der Waals surface area contributed by atoms with Crippen molar-refractivity contribution in [2.75, 3.05) is 0 Å². The van der Waals surface area contributed by atoms with E-state index in [4.69, 9.17) is 0 Å². The molecular formula is C23H24. The minimum absolute atomic E-state index is 0.833. The quantitative estimate of drug-likeness (QED) is 0.686. The number of hydrogen-bond donors (Lipinski definition) is 0. The first-order valence-electron chi connectivity index (χ1n) is 11.0. The van der Waals surface area contributed by atoms with Gasteiger partial charge in [0.15, 0.2) is 0 Å². The second-order valence-corrected chi connectivity index (χ2v) is 12.4. The molecule has 12 fully saturated rings. The Bertz CT molecular complexity index is 663. The SMILES string of the molecule is C=CCC12C3[C@@H]4[C@@H]5C6C7C8[C@@H]5[C@@H]3[C@H]3C1[C@H]1[C@@H](C7[C@@H]5[C@@H]6[C@@H]4C2[C@@H]51)[C@H]83. The van der Waals surface area contributed by atoms with Gasteiger partial charge in [0.2, 0.25) is 0 Å². The van der Waals surface area contributed by atoms with Crippen LogP contribution >= 0.6 is 0 Å². The van der Waals surface area contributed by atoms with Crippen LogP contribution in [0.3, 0.4) is 0 Å². The fourth-order valence-corrected chi connectivity index (χ4v) is 16.4. The number of hydrogen-bond acceptors (Lipinski definition) is 0. The molecule has 0 spiro atoms. The Kier molecular flexibility index (Phi) is 0.973. The summed E-state index contributed by atoms with van der Waals surface area (Å²) in [5.74, 6) is 24.1. The first-order chi connectivity index (χ1) is 11.4. The summed E-state index contributed by atoms with van der Waals surface area (Å²) in [7, 11) is 0. The van der Waals surface area contributed by atoms with Gasteiger partial charge in [-0.25, -0.2) is 0 Å². The maximum atomic E-state index is 4.31. The van der Waals surface area contributed by atoms with Crippen LogP contribution < -0.4 is 0 Å².